The highest BCUT2D eigenvalue weighted by atomic mass is 35.5. The molecule has 0 atom stereocenters. The van der Waals surface area contributed by atoms with Gasteiger partial charge in [-0.1, -0.05) is 11.6 Å². The summed E-state index contributed by atoms with van der Waals surface area (Å²) < 4.78 is 26.4. The second-order valence-electron chi connectivity index (χ2n) is 4.16. The summed E-state index contributed by atoms with van der Waals surface area (Å²) in [5, 5.41) is 5.32. The van der Waals surface area contributed by atoms with Crippen LogP contribution in [0.15, 0.2) is 36.4 Å². The SMILES string of the molecule is Cc1cc(Cl)ccc1NC(=O)Nc1cc(F)ccc1F. The van der Waals surface area contributed by atoms with Crippen LogP contribution in [-0.4, -0.2) is 6.03 Å². The topological polar surface area (TPSA) is 41.1 Å². The van der Waals surface area contributed by atoms with Crippen LogP contribution in [0.4, 0.5) is 25.0 Å². The number of carbonyl (C=O) groups is 1. The van der Waals surface area contributed by atoms with Crippen molar-refractivity contribution in [3.63, 3.8) is 0 Å². The maximum absolute atomic E-state index is 13.4. The fourth-order valence-electron chi connectivity index (χ4n) is 1.64. The molecular formula is C14H11ClF2N2O. The van der Waals surface area contributed by atoms with E-state index in [9.17, 15) is 13.6 Å². The first-order chi connectivity index (χ1) is 9.45. The Kier molecular flexibility index (Phi) is 4.20. The van der Waals surface area contributed by atoms with Gasteiger partial charge in [0.25, 0.3) is 0 Å². The van der Waals surface area contributed by atoms with Crippen molar-refractivity contribution in [3.05, 3.63) is 58.6 Å². The smallest absolute Gasteiger partial charge is 0.307 e. The predicted octanol–water partition coefficient (Wildman–Crippen LogP) is 4.57. The first kappa shape index (κ1) is 14.3. The summed E-state index contributed by atoms with van der Waals surface area (Å²) in [5.41, 5.74) is 1.06. The molecule has 20 heavy (non-hydrogen) atoms. The van der Waals surface area contributed by atoms with Gasteiger partial charge in [0.05, 0.1) is 5.69 Å². The van der Waals surface area contributed by atoms with Crippen LogP contribution in [0.25, 0.3) is 0 Å². The molecule has 0 saturated carbocycles. The largest absolute Gasteiger partial charge is 0.323 e. The molecule has 0 heterocycles. The normalized spacial score (nSPS) is 10.2. The van der Waals surface area contributed by atoms with Crippen molar-refractivity contribution in [3.8, 4) is 0 Å². The van der Waals surface area contributed by atoms with Crippen LogP contribution >= 0.6 is 11.6 Å². The van der Waals surface area contributed by atoms with Crippen LogP contribution in [0, 0.1) is 18.6 Å². The summed E-state index contributed by atoms with van der Waals surface area (Å²) in [4.78, 5) is 11.7. The van der Waals surface area contributed by atoms with E-state index in [0.29, 0.717) is 10.7 Å². The molecule has 0 aliphatic carbocycles. The first-order valence-corrected chi connectivity index (χ1v) is 6.13. The average Bonchev–Trinajstić information content (AvgIpc) is 2.37. The van der Waals surface area contributed by atoms with Crippen LogP contribution in [0.3, 0.4) is 0 Å². The lowest BCUT2D eigenvalue weighted by Gasteiger charge is -2.10. The predicted molar refractivity (Wildman–Crippen MR) is 75.2 cm³/mol. The monoisotopic (exact) mass is 296 g/mol. The third-order valence-electron chi connectivity index (χ3n) is 2.61. The van der Waals surface area contributed by atoms with Crippen molar-refractivity contribution in [2.45, 2.75) is 6.92 Å². The number of anilines is 2. The van der Waals surface area contributed by atoms with Gasteiger partial charge in [0, 0.05) is 16.8 Å². The van der Waals surface area contributed by atoms with E-state index in [4.69, 9.17) is 11.6 Å². The molecule has 2 amide bonds. The number of halogens is 3. The Morgan fingerprint density at radius 2 is 1.75 bits per heavy atom. The van der Waals surface area contributed by atoms with Gasteiger partial charge in [0.2, 0.25) is 0 Å². The lowest BCUT2D eigenvalue weighted by molar-refractivity contribution is 0.262. The van der Waals surface area contributed by atoms with Gasteiger partial charge >= 0.3 is 6.03 Å². The molecule has 0 fully saturated rings. The zero-order chi connectivity index (χ0) is 14.7. The Morgan fingerprint density at radius 1 is 1.05 bits per heavy atom. The number of hydrogen-bond acceptors (Lipinski definition) is 1. The van der Waals surface area contributed by atoms with E-state index in [1.165, 1.54) is 0 Å². The maximum atomic E-state index is 13.4. The average molecular weight is 297 g/mol. The Bertz CT molecular complexity index is 662. The molecule has 0 bridgehead atoms. The van der Waals surface area contributed by atoms with E-state index < -0.39 is 17.7 Å². The number of carbonyl (C=O) groups excluding carboxylic acids is 1. The van der Waals surface area contributed by atoms with E-state index in [-0.39, 0.29) is 5.69 Å². The Morgan fingerprint density at radius 3 is 2.45 bits per heavy atom. The van der Waals surface area contributed by atoms with Crippen LogP contribution in [0.1, 0.15) is 5.56 Å². The molecule has 2 aromatic carbocycles. The summed E-state index contributed by atoms with van der Waals surface area (Å²) >= 11 is 5.80. The van der Waals surface area contributed by atoms with Crippen molar-refractivity contribution < 1.29 is 13.6 Å². The van der Waals surface area contributed by atoms with E-state index in [0.717, 1.165) is 23.8 Å². The van der Waals surface area contributed by atoms with Gasteiger partial charge in [-0.05, 0) is 42.8 Å². The van der Waals surface area contributed by atoms with E-state index in [1.54, 1.807) is 25.1 Å². The van der Waals surface area contributed by atoms with Crippen LogP contribution in [0.2, 0.25) is 5.02 Å². The van der Waals surface area contributed by atoms with Gasteiger partial charge < -0.3 is 10.6 Å². The molecule has 2 rings (SSSR count). The van der Waals surface area contributed by atoms with E-state index >= 15 is 0 Å². The quantitative estimate of drug-likeness (QED) is 0.837. The maximum Gasteiger partial charge on any atom is 0.323 e. The molecule has 2 N–H and O–H groups in total. The number of aryl methyl sites for hydroxylation is 1. The highest BCUT2D eigenvalue weighted by Gasteiger charge is 2.09. The van der Waals surface area contributed by atoms with Gasteiger partial charge in [0.15, 0.2) is 0 Å². The Hall–Kier alpha value is -2.14. The molecule has 104 valence electrons. The minimum atomic E-state index is -0.714. The van der Waals surface area contributed by atoms with Crippen molar-refractivity contribution in [2.75, 3.05) is 10.6 Å². The van der Waals surface area contributed by atoms with Crippen LogP contribution in [-0.2, 0) is 0 Å². The van der Waals surface area contributed by atoms with Crippen molar-refractivity contribution in [1.82, 2.24) is 0 Å². The minimum Gasteiger partial charge on any atom is -0.307 e. The van der Waals surface area contributed by atoms with Gasteiger partial charge in [-0.15, -0.1) is 0 Å². The molecule has 0 unspecified atom stereocenters. The van der Waals surface area contributed by atoms with E-state index in [1.807, 2.05) is 0 Å². The molecule has 0 saturated heterocycles. The zero-order valence-corrected chi connectivity index (χ0v) is 11.3. The molecule has 0 spiro atoms. The second-order valence-corrected chi connectivity index (χ2v) is 4.60. The fraction of sp³-hybridized carbons (Fsp3) is 0.0714. The number of rotatable bonds is 2. The summed E-state index contributed by atoms with van der Waals surface area (Å²) in [7, 11) is 0. The summed E-state index contributed by atoms with van der Waals surface area (Å²) in [6, 6.07) is 7.08. The Balaban J connectivity index is 2.11. The molecule has 0 aliphatic rings. The molecule has 2 aromatic rings. The molecule has 6 heteroatoms. The van der Waals surface area contributed by atoms with Crippen molar-refractivity contribution >= 4 is 29.0 Å². The van der Waals surface area contributed by atoms with Gasteiger partial charge in [-0.3, -0.25) is 0 Å². The molecule has 0 radical (unpaired) electrons. The third-order valence-corrected chi connectivity index (χ3v) is 2.85. The summed E-state index contributed by atoms with van der Waals surface area (Å²) in [6.07, 6.45) is 0. The molecule has 3 nitrogen and oxygen atoms in total. The highest BCUT2D eigenvalue weighted by Crippen LogP contribution is 2.20. The van der Waals surface area contributed by atoms with E-state index in [2.05, 4.69) is 10.6 Å². The number of benzene rings is 2. The van der Waals surface area contributed by atoms with Crippen LogP contribution in [0.5, 0.6) is 0 Å². The lowest BCUT2D eigenvalue weighted by Crippen LogP contribution is -2.20. The van der Waals surface area contributed by atoms with Crippen LogP contribution < -0.4 is 10.6 Å². The lowest BCUT2D eigenvalue weighted by atomic mass is 10.2. The van der Waals surface area contributed by atoms with Gasteiger partial charge in [-0.25, -0.2) is 13.6 Å². The number of hydrogen-bond donors (Lipinski definition) is 2. The molecule has 0 aromatic heterocycles. The molecule has 0 aliphatic heterocycles. The summed E-state index contributed by atoms with van der Waals surface area (Å²) in [6.45, 7) is 1.77. The summed E-state index contributed by atoms with van der Waals surface area (Å²) in [5.74, 6) is -1.35. The number of nitrogens with one attached hydrogen (secondary N) is 2. The van der Waals surface area contributed by atoms with Crippen molar-refractivity contribution in [2.24, 2.45) is 0 Å². The van der Waals surface area contributed by atoms with Crippen molar-refractivity contribution in [1.29, 1.82) is 0 Å². The van der Waals surface area contributed by atoms with Gasteiger partial charge in [0.1, 0.15) is 11.6 Å². The Labute approximate surface area is 119 Å². The second kappa shape index (κ2) is 5.88. The van der Waals surface area contributed by atoms with Gasteiger partial charge in [-0.2, -0.15) is 0 Å². The zero-order valence-electron chi connectivity index (χ0n) is 10.5. The standard InChI is InChI=1S/C14H11ClF2N2O/c1-8-6-9(15)2-5-12(8)18-14(20)19-13-7-10(16)3-4-11(13)17/h2-7H,1H3,(H2,18,19,20). The molecular weight excluding hydrogens is 286 g/mol. The first-order valence-electron chi connectivity index (χ1n) is 5.75. The fourth-order valence-corrected chi connectivity index (χ4v) is 1.86. The highest BCUT2D eigenvalue weighted by molar-refractivity contribution is 6.30. The third kappa shape index (κ3) is 3.45. The number of amides is 2. The minimum absolute atomic E-state index is 0.228. The number of urea groups is 1.